The average Bonchev–Trinajstić information content (AvgIpc) is 2.25. The second-order valence-electron chi connectivity index (χ2n) is 3.46. The second-order valence-corrected chi connectivity index (χ2v) is 3.46. The number of ether oxygens (including phenoxy) is 1. The molecule has 1 aromatic rings. The summed E-state index contributed by atoms with van der Waals surface area (Å²) in [6.45, 7) is 1.02. The molecule has 0 aliphatic carbocycles. The summed E-state index contributed by atoms with van der Waals surface area (Å²) in [5.74, 6) is -1.20. The van der Waals surface area contributed by atoms with Crippen LogP contribution < -0.4 is 4.74 Å². The SMILES string of the molecule is CC(=O)C(=Cc1ccc(OC(F)(F)F)cc1)[N+](=O)[O-]. The monoisotopic (exact) mass is 275 g/mol. The van der Waals surface area contributed by atoms with Crippen molar-refractivity contribution in [2.45, 2.75) is 13.3 Å². The van der Waals surface area contributed by atoms with Gasteiger partial charge in [-0.25, -0.2) is 0 Å². The zero-order valence-corrected chi connectivity index (χ0v) is 9.60. The van der Waals surface area contributed by atoms with Gasteiger partial charge in [0.1, 0.15) is 5.75 Å². The van der Waals surface area contributed by atoms with Gasteiger partial charge in [0.05, 0.1) is 4.92 Å². The molecule has 0 saturated heterocycles. The number of Topliss-reactive ketones (excluding diaryl/α,β-unsaturated/α-hetero) is 1. The maximum absolute atomic E-state index is 11.9. The Labute approximate surface area is 105 Å². The van der Waals surface area contributed by atoms with Gasteiger partial charge in [0.15, 0.2) is 0 Å². The lowest BCUT2D eigenvalue weighted by Gasteiger charge is -2.08. The summed E-state index contributed by atoms with van der Waals surface area (Å²) in [5.41, 5.74) is -0.430. The minimum atomic E-state index is -4.80. The van der Waals surface area contributed by atoms with Gasteiger partial charge in [0, 0.05) is 13.0 Å². The molecule has 19 heavy (non-hydrogen) atoms. The first-order valence-corrected chi connectivity index (χ1v) is 4.92. The number of hydrogen-bond donors (Lipinski definition) is 0. The van der Waals surface area contributed by atoms with Gasteiger partial charge in [-0.05, 0) is 17.7 Å². The molecule has 5 nitrogen and oxygen atoms in total. The molecule has 102 valence electrons. The highest BCUT2D eigenvalue weighted by Crippen LogP contribution is 2.23. The van der Waals surface area contributed by atoms with Crippen molar-refractivity contribution in [2.24, 2.45) is 0 Å². The van der Waals surface area contributed by atoms with Crippen LogP contribution in [0.25, 0.3) is 6.08 Å². The Morgan fingerprint density at radius 1 is 1.32 bits per heavy atom. The Kier molecular flexibility index (Phi) is 4.26. The van der Waals surface area contributed by atoms with Crippen molar-refractivity contribution < 1.29 is 27.6 Å². The lowest BCUT2D eigenvalue weighted by Crippen LogP contribution is -2.16. The number of rotatable bonds is 4. The number of nitrogens with zero attached hydrogens (tertiary/aromatic N) is 1. The van der Waals surface area contributed by atoms with E-state index in [2.05, 4.69) is 4.74 Å². The zero-order valence-electron chi connectivity index (χ0n) is 9.60. The zero-order chi connectivity index (χ0) is 14.6. The lowest BCUT2D eigenvalue weighted by atomic mass is 10.1. The normalized spacial score (nSPS) is 12.1. The summed E-state index contributed by atoms with van der Waals surface area (Å²) < 4.78 is 39.3. The molecule has 1 rings (SSSR count). The molecule has 1 aromatic carbocycles. The predicted molar refractivity (Wildman–Crippen MR) is 58.8 cm³/mol. The van der Waals surface area contributed by atoms with Gasteiger partial charge in [-0.1, -0.05) is 12.1 Å². The summed E-state index contributed by atoms with van der Waals surface area (Å²) in [5, 5.41) is 10.5. The third-order valence-corrected chi connectivity index (χ3v) is 1.97. The summed E-state index contributed by atoms with van der Waals surface area (Å²) in [6.07, 6.45) is -3.83. The van der Waals surface area contributed by atoms with Crippen molar-refractivity contribution in [3.63, 3.8) is 0 Å². The number of hydrogen-bond acceptors (Lipinski definition) is 4. The first kappa shape index (κ1) is 14.7. The first-order chi connectivity index (χ1) is 8.69. The molecule has 0 bridgehead atoms. The topological polar surface area (TPSA) is 69.4 Å². The van der Waals surface area contributed by atoms with Crippen LogP contribution in [0.2, 0.25) is 0 Å². The number of nitro groups is 1. The highest BCUT2D eigenvalue weighted by Gasteiger charge is 2.30. The molecule has 0 unspecified atom stereocenters. The third-order valence-electron chi connectivity index (χ3n) is 1.97. The second kappa shape index (κ2) is 5.51. The maximum Gasteiger partial charge on any atom is 0.573 e. The highest BCUT2D eigenvalue weighted by atomic mass is 19.4. The van der Waals surface area contributed by atoms with Crippen molar-refractivity contribution in [1.82, 2.24) is 0 Å². The van der Waals surface area contributed by atoms with E-state index in [1.165, 1.54) is 12.1 Å². The van der Waals surface area contributed by atoms with Crippen molar-refractivity contribution in [3.8, 4) is 5.75 Å². The van der Waals surface area contributed by atoms with Crippen LogP contribution in [-0.4, -0.2) is 17.1 Å². The van der Waals surface area contributed by atoms with Crippen LogP contribution in [0.1, 0.15) is 12.5 Å². The standard InChI is InChI=1S/C11H8F3NO4/c1-7(16)10(15(17)18)6-8-2-4-9(5-3-8)19-11(12,13)14/h2-6H,1H3. The molecule has 0 N–H and O–H groups in total. The smallest absolute Gasteiger partial charge is 0.406 e. The van der Waals surface area contributed by atoms with Crippen molar-refractivity contribution in [3.05, 3.63) is 45.6 Å². The van der Waals surface area contributed by atoms with Crippen LogP contribution >= 0.6 is 0 Å². The molecule has 0 saturated carbocycles. The highest BCUT2D eigenvalue weighted by molar-refractivity contribution is 5.95. The first-order valence-electron chi connectivity index (χ1n) is 4.92. The molecular weight excluding hydrogens is 267 g/mol. The summed E-state index contributed by atoms with van der Waals surface area (Å²) >= 11 is 0. The van der Waals surface area contributed by atoms with Crippen LogP contribution in [0.15, 0.2) is 30.0 Å². The van der Waals surface area contributed by atoms with Gasteiger partial charge < -0.3 is 4.74 Å². The summed E-state index contributed by atoms with van der Waals surface area (Å²) in [7, 11) is 0. The molecule has 0 aliphatic heterocycles. The minimum Gasteiger partial charge on any atom is -0.406 e. The molecule has 0 radical (unpaired) electrons. The van der Waals surface area contributed by atoms with Crippen LogP contribution in [0.3, 0.4) is 0 Å². The number of allylic oxidation sites excluding steroid dienone is 1. The van der Waals surface area contributed by atoms with Crippen LogP contribution in [0.5, 0.6) is 5.75 Å². The Balaban J connectivity index is 2.96. The fourth-order valence-corrected chi connectivity index (χ4v) is 1.21. The van der Waals surface area contributed by atoms with E-state index in [9.17, 15) is 28.1 Å². The van der Waals surface area contributed by atoms with E-state index in [1.54, 1.807) is 0 Å². The molecule has 0 fully saturated rings. The summed E-state index contributed by atoms with van der Waals surface area (Å²) in [4.78, 5) is 20.6. The van der Waals surface area contributed by atoms with Crippen molar-refractivity contribution in [1.29, 1.82) is 0 Å². The lowest BCUT2D eigenvalue weighted by molar-refractivity contribution is -0.417. The van der Waals surface area contributed by atoms with Gasteiger partial charge in [-0.15, -0.1) is 13.2 Å². The maximum atomic E-state index is 11.9. The number of ketones is 1. The van der Waals surface area contributed by atoms with E-state index >= 15 is 0 Å². The third kappa shape index (κ3) is 4.78. The van der Waals surface area contributed by atoms with Crippen LogP contribution in [-0.2, 0) is 4.79 Å². The van der Waals surface area contributed by atoms with Crippen molar-refractivity contribution >= 4 is 11.9 Å². The molecule has 0 aromatic heterocycles. The van der Waals surface area contributed by atoms with Gasteiger partial charge in [-0.2, -0.15) is 0 Å². The molecule has 8 heteroatoms. The van der Waals surface area contributed by atoms with Gasteiger partial charge >= 0.3 is 12.1 Å². The molecule has 0 amide bonds. The van der Waals surface area contributed by atoms with E-state index in [4.69, 9.17) is 0 Å². The molecular formula is C11H8F3NO4. The molecule has 0 aliphatic rings. The number of carbonyl (C=O) groups excluding carboxylic acids is 1. The Bertz CT molecular complexity index is 504. The van der Waals surface area contributed by atoms with E-state index in [0.717, 1.165) is 25.1 Å². The van der Waals surface area contributed by atoms with Gasteiger partial charge in [0.2, 0.25) is 5.78 Å². The molecule has 0 heterocycles. The average molecular weight is 275 g/mol. The van der Waals surface area contributed by atoms with E-state index in [0.29, 0.717) is 0 Å². The Morgan fingerprint density at radius 3 is 2.21 bits per heavy atom. The van der Waals surface area contributed by atoms with Gasteiger partial charge in [-0.3, -0.25) is 14.9 Å². The fraction of sp³-hybridized carbons (Fsp3) is 0.182. The van der Waals surface area contributed by atoms with E-state index < -0.39 is 28.5 Å². The number of halogens is 3. The summed E-state index contributed by atoms with van der Waals surface area (Å²) in [6, 6.07) is 4.34. The predicted octanol–water partition coefficient (Wildman–Crippen LogP) is 2.79. The molecule has 0 spiro atoms. The van der Waals surface area contributed by atoms with E-state index in [-0.39, 0.29) is 5.56 Å². The fourth-order valence-electron chi connectivity index (χ4n) is 1.21. The largest absolute Gasteiger partial charge is 0.573 e. The molecule has 0 atom stereocenters. The quantitative estimate of drug-likeness (QED) is 0.481. The van der Waals surface area contributed by atoms with Crippen molar-refractivity contribution in [2.75, 3.05) is 0 Å². The Hall–Kier alpha value is -2.38. The van der Waals surface area contributed by atoms with Crippen LogP contribution in [0, 0.1) is 10.1 Å². The minimum absolute atomic E-state index is 0.219. The van der Waals surface area contributed by atoms with Crippen LogP contribution in [0.4, 0.5) is 13.2 Å². The number of carbonyl (C=O) groups is 1. The Morgan fingerprint density at radius 2 is 1.84 bits per heavy atom. The van der Waals surface area contributed by atoms with Gasteiger partial charge in [0.25, 0.3) is 0 Å². The van der Waals surface area contributed by atoms with E-state index in [1.807, 2.05) is 0 Å². The number of alkyl halides is 3. The number of benzene rings is 1.